The Labute approximate surface area is 169 Å². The molecule has 0 saturated carbocycles. The van der Waals surface area contributed by atoms with Crippen molar-refractivity contribution in [3.8, 4) is 0 Å². The Kier molecular flexibility index (Phi) is 7.71. The largest absolute Gasteiger partial charge is 0.480 e. The Hall–Kier alpha value is -2.06. The average molecular weight is 426 g/mol. The maximum Gasteiger partial charge on any atom is 0.346 e. The summed E-state index contributed by atoms with van der Waals surface area (Å²) in [4.78, 5) is 37.8. The lowest BCUT2D eigenvalue weighted by Crippen LogP contribution is -2.46. The van der Waals surface area contributed by atoms with Gasteiger partial charge in [-0.25, -0.2) is 0 Å². The number of nitrogens with zero attached hydrogens (tertiary/aromatic N) is 1. The predicted octanol–water partition coefficient (Wildman–Crippen LogP) is 2.57. The Balaban J connectivity index is 2.21. The molecular weight excluding hydrogens is 399 g/mol. The van der Waals surface area contributed by atoms with E-state index < -0.39 is 37.2 Å². The van der Waals surface area contributed by atoms with Crippen LogP contribution in [0.15, 0.2) is 24.3 Å². The van der Waals surface area contributed by atoms with Crippen LogP contribution < -0.4 is 5.32 Å². The second kappa shape index (κ2) is 9.63. The molecule has 1 aliphatic heterocycles. The summed E-state index contributed by atoms with van der Waals surface area (Å²) in [5.41, 5.74) is 0.624. The molecule has 0 saturated heterocycles. The van der Waals surface area contributed by atoms with E-state index in [1.807, 2.05) is 13.8 Å². The Morgan fingerprint density at radius 1 is 1.14 bits per heavy atom. The van der Waals surface area contributed by atoms with E-state index in [0.29, 0.717) is 17.5 Å². The molecular formula is C19H27N2O7P. The van der Waals surface area contributed by atoms with Gasteiger partial charge < -0.3 is 14.2 Å². The summed E-state index contributed by atoms with van der Waals surface area (Å²) in [6.45, 7) is 3.68. The van der Waals surface area contributed by atoms with Gasteiger partial charge in [-0.2, -0.15) is 0 Å². The lowest BCUT2D eigenvalue weighted by molar-refractivity contribution is -0.140. The number of fused-ring (bicyclic) bond motifs is 1. The molecule has 9 nitrogen and oxygen atoms in total. The number of rotatable bonds is 11. The van der Waals surface area contributed by atoms with Crippen LogP contribution in [0.4, 0.5) is 0 Å². The summed E-state index contributed by atoms with van der Waals surface area (Å²) in [7, 11) is -1.31. The van der Waals surface area contributed by atoms with Crippen molar-refractivity contribution in [1.29, 1.82) is 0 Å². The molecule has 0 spiro atoms. The van der Waals surface area contributed by atoms with Gasteiger partial charge in [-0.1, -0.05) is 26.0 Å². The monoisotopic (exact) mass is 426 g/mol. The number of benzene rings is 1. The zero-order valence-corrected chi connectivity index (χ0v) is 17.8. The summed E-state index contributed by atoms with van der Waals surface area (Å²) < 4.78 is 23.1. The number of carboxylic acids is 1. The van der Waals surface area contributed by atoms with Crippen LogP contribution in [0.5, 0.6) is 0 Å². The van der Waals surface area contributed by atoms with Gasteiger partial charge >= 0.3 is 13.6 Å². The van der Waals surface area contributed by atoms with Crippen molar-refractivity contribution >= 4 is 25.4 Å². The number of carboxylic acid groups (broad SMARTS) is 1. The lowest BCUT2D eigenvalue weighted by atomic mass is 10.0. The number of carbonyl (C=O) groups excluding carboxylic acids is 2. The van der Waals surface area contributed by atoms with Crippen LogP contribution in [-0.2, 0) is 18.4 Å². The number of nitrogens with one attached hydrogen (secondary N) is 1. The first-order valence-corrected chi connectivity index (χ1v) is 10.9. The van der Waals surface area contributed by atoms with Gasteiger partial charge in [0.25, 0.3) is 11.8 Å². The van der Waals surface area contributed by atoms with E-state index in [0.717, 1.165) is 4.90 Å². The van der Waals surface area contributed by atoms with Crippen molar-refractivity contribution < 1.29 is 33.1 Å². The molecule has 2 N–H and O–H groups in total. The number of carbonyl (C=O) groups is 3. The maximum atomic E-state index is 13.0. The molecule has 2 rings (SSSR count). The fourth-order valence-electron chi connectivity index (χ4n) is 3.30. The van der Waals surface area contributed by atoms with Crippen LogP contribution >= 0.6 is 7.60 Å². The summed E-state index contributed by atoms with van der Waals surface area (Å²) in [5.74, 6) is -2.91. The average Bonchev–Trinajstić information content (AvgIpc) is 2.94. The lowest BCUT2D eigenvalue weighted by Gasteiger charge is -2.29. The predicted molar refractivity (Wildman–Crippen MR) is 106 cm³/mol. The molecule has 160 valence electrons. The molecule has 0 aliphatic carbocycles. The topological polar surface area (TPSA) is 122 Å². The standard InChI is InChI=1S/C19H27N2O7P/c1-12(2)11-15(19(24)25)20-16(29(26,27-3)28-4)9-10-21-17(22)13-7-5-6-8-14(13)18(21)23/h5-8,12,15-16,20H,9-11H2,1-4H3,(H,24,25)/t15-,16?/m0/s1. The number of hydrogen-bond donors (Lipinski definition) is 2. The third-order valence-corrected chi connectivity index (χ3v) is 6.98. The first kappa shape index (κ1) is 23.2. The van der Waals surface area contributed by atoms with Crippen LogP contribution in [0.1, 0.15) is 47.4 Å². The van der Waals surface area contributed by atoms with Gasteiger partial charge in [-0.3, -0.25) is 29.2 Å². The van der Waals surface area contributed by atoms with Gasteiger partial charge in [0.1, 0.15) is 11.8 Å². The van der Waals surface area contributed by atoms with Crippen LogP contribution in [0.25, 0.3) is 0 Å². The number of hydrogen-bond acceptors (Lipinski definition) is 7. The normalized spacial score (nSPS) is 16.2. The van der Waals surface area contributed by atoms with E-state index in [-0.39, 0.29) is 18.9 Å². The van der Waals surface area contributed by atoms with E-state index in [2.05, 4.69) is 5.32 Å². The molecule has 0 fully saturated rings. The minimum absolute atomic E-state index is 0.00625. The van der Waals surface area contributed by atoms with E-state index in [1.165, 1.54) is 14.2 Å². The maximum absolute atomic E-state index is 13.0. The Morgan fingerprint density at radius 3 is 2.07 bits per heavy atom. The van der Waals surface area contributed by atoms with E-state index >= 15 is 0 Å². The Morgan fingerprint density at radius 2 is 1.66 bits per heavy atom. The third kappa shape index (κ3) is 5.11. The van der Waals surface area contributed by atoms with Crippen molar-refractivity contribution in [1.82, 2.24) is 10.2 Å². The molecule has 1 unspecified atom stereocenters. The molecule has 1 heterocycles. The number of aliphatic carboxylic acids is 1. The van der Waals surface area contributed by atoms with Gasteiger partial charge in [0.2, 0.25) is 0 Å². The highest BCUT2D eigenvalue weighted by Gasteiger charge is 2.40. The third-order valence-electron chi connectivity index (χ3n) is 4.79. The SMILES string of the molecule is COP(=O)(OC)C(CCN1C(=O)c2ccccc2C1=O)N[C@@H](CC(C)C)C(=O)O. The molecule has 2 amide bonds. The van der Waals surface area contributed by atoms with Crippen molar-refractivity contribution in [2.75, 3.05) is 20.8 Å². The molecule has 1 aliphatic rings. The quantitative estimate of drug-likeness (QED) is 0.409. The van der Waals surface area contributed by atoms with Gasteiger partial charge in [-0.05, 0) is 30.9 Å². The van der Waals surface area contributed by atoms with Gasteiger partial charge in [0.15, 0.2) is 0 Å². The minimum Gasteiger partial charge on any atom is -0.480 e. The fourth-order valence-corrected chi connectivity index (χ4v) is 4.75. The summed E-state index contributed by atoms with van der Waals surface area (Å²) in [6, 6.07) is 5.50. The summed E-state index contributed by atoms with van der Waals surface area (Å²) >= 11 is 0. The first-order chi connectivity index (χ1) is 13.6. The highest BCUT2D eigenvalue weighted by atomic mass is 31.2. The molecule has 29 heavy (non-hydrogen) atoms. The molecule has 0 radical (unpaired) electrons. The molecule has 2 atom stereocenters. The van der Waals surface area contributed by atoms with Gasteiger partial charge in [0, 0.05) is 20.8 Å². The van der Waals surface area contributed by atoms with Crippen molar-refractivity contribution in [2.45, 2.75) is 38.5 Å². The van der Waals surface area contributed by atoms with Gasteiger partial charge in [-0.15, -0.1) is 0 Å². The summed E-state index contributed by atoms with van der Waals surface area (Å²) in [6.07, 6.45) is 0.304. The second-order valence-electron chi connectivity index (χ2n) is 7.20. The fraction of sp³-hybridized carbons (Fsp3) is 0.526. The molecule has 1 aromatic carbocycles. The first-order valence-electron chi connectivity index (χ1n) is 9.29. The van der Waals surface area contributed by atoms with Crippen LogP contribution in [-0.4, -0.2) is 60.4 Å². The van der Waals surface area contributed by atoms with Crippen molar-refractivity contribution in [2.24, 2.45) is 5.92 Å². The smallest absolute Gasteiger partial charge is 0.346 e. The molecule has 0 bridgehead atoms. The molecule has 1 aromatic rings. The van der Waals surface area contributed by atoms with Crippen LogP contribution in [0, 0.1) is 5.92 Å². The zero-order valence-electron chi connectivity index (χ0n) is 17.0. The van der Waals surface area contributed by atoms with E-state index in [1.54, 1.807) is 24.3 Å². The van der Waals surface area contributed by atoms with Crippen LogP contribution in [0.3, 0.4) is 0 Å². The van der Waals surface area contributed by atoms with Gasteiger partial charge in [0.05, 0.1) is 11.1 Å². The number of amides is 2. The van der Waals surface area contributed by atoms with E-state index in [9.17, 15) is 24.1 Å². The van der Waals surface area contributed by atoms with Crippen LogP contribution in [0.2, 0.25) is 0 Å². The second-order valence-corrected chi connectivity index (χ2v) is 9.64. The summed E-state index contributed by atoms with van der Waals surface area (Å²) in [5, 5.41) is 12.4. The Bertz CT molecular complexity index is 784. The molecule has 10 heteroatoms. The highest BCUT2D eigenvalue weighted by molar-refractivity contribution is 7.54. The van der Waals surface area contributed by atoms with Crippen molar-refractivity contribution in [3.05, 3.63) is 35.4 Å². The number of imide groups is 1. The van der Waals surface area contributed by atoms with E-state index in [4.69, 9.17) is 9.05 Å². The zero-order chi connectivity index (χ0) is 21.8. The highest BCUT2D eigenvalue weighted by Crippen LogP contribution is 2.52. The van der Waals surface area contributed by atoms with Crippen molar-refractivity contribution in [3.63, 3.8) is 0 Å². The molecule has 0 aromatic heterocycles. The minimum atomic E-state index is -3.72.